The fourth-order valence-corrected chi connectivity index (χ4v) is 1.84. The van der Waals surface area contributed by atoms with Gasteiger partial charge >= 0.3 is 0 Å². The highest BCUT2D eigenvalue weighted by molar-refractivity contribution is 9.10. The van der Waals surface area contributed by atoms with E-state index in [0.29, 0.717) is 6.54 Å². The molecule has 78 valence electrons. The van der Waals surface area contributed by atoms with Crippen LogP contribution in [-0.4, -0.2) is 14.5 Å². The highest BCUT2D eigenvalue weighted by atomic mass is 79.9. The van der Waals surface area contributed by atoms with Gasteiger partial charge in [-0.05, 0) is 28.1 Å². The summed E-state index contributed by atoms with van der Waals surface area (Å²) >= 11 is 3.46. The van der Waals surface area contributed by atoms with Gasteiger partial charge in [0.05, 0.1) is 5.69 Å². The van der Waals surface area contributed by atoms with Crippen molar-refractivity contribution in [3.63, 3.8) is 0 Å². The minimum atomic E-state index is 0.425. The molecule has 0 spiro atoms. The fraction of sp³-hybridized carbons (Fsp3) is 0.200. The molecule has 0 aromatic carbocycles. The van der Waals surface area contributed by atoms with Gasteiger partial charge < -0.3 is 10.3 Å². The molecule has 0 bridgehead atoms. The van der Waals surface area contributed by atoms with Crippen LogP contribution in [0, 0.1) is 0 Å². The zero-order valence-electron chi connectivity index (χ0n) is 8.31. The van der Waals surface area contributed by atoms with Gasteiger partial charge in [0, 0.05) is 31.5 Å². The molecule has 0 saturated heterocycles. The maximum Gasteiger partial charge on any atom is 0.142 e. The Morgan fingerprint density at radius 2 is 2.33 bits per heavy atom. The van der Waals surface area contributed by atoms with Crippen molar-refractivity contribution < 1.29 is 0 Å². The van der Waals surface area contributed by atoms with Crippen molar-refractivity contribution in [3.8, 4) is 11.4 Å². The molecule has 2 aromatic heterocycles. The van der Waals surface area contributed by atoms with Crippen molar-refractivity contribution in [2.24, 2.45) is 12.8 Å². The van der Waals surface area contributed by atoms with Gasteiger partial charge in [-0.3, -0.25) is 4.98 Å². The zero-order valence-corrected chi connectivity index (χ0v) is 9.90. The smallest absolute Gasteiger partial charge is 0.142 e. The lowest BCUT2D eigenvalue weighted by Gasteiger charge is -2.00. The third kappa shape index (κ3) is 1.80. The Hall–Kier alpha value is -1.20. The monoisotopic (exact) mass is 266 g/mol. The van der Waals surface area contributed by atoms with Crippen LogP contribution in [0.1, 0.15) is 5.69 Å². The average molecular weight is 267 g/mol. The van der Waals surface area contributed by atoms with E-state index in [9.17, 15) is 0 Å². The number of nitrogens with two attached hydrogens (primary N) is 1. The minimum absolute atomic E-state index is 0.425. The van der Waals surface area contributed by atoms with E-state index in [1.165, 1.54) is 0 Å². The van der Waals surface area contributed by atoms with Crippen LogP contribution in [0.25, 0.3) is 11.4 Å². The Labute approximate surface area is 96.3 Å². The number of aromatic nitrogens is 3. The van der Waals surface area contributed by atoms with Crippen molar-refractivity contribution in [1.82, 2.24) is 14.5 Å². The van der Waals surface area contributed by atoms with Gasteiger partial charge in [0.1, 0.15) is 10.4 Å². The van der Waals surface area contributed by atoms with Gasteiger partial charge in [0.25, 0.3) is 0 Å². The van der Waals surface area contributed by atoms with Crippen molar-refractivity contribution in [2.75, 3.05) is 0 Å². The Morgan fingerprint density at radius 1 is 1.53 bits per heavy atom. The summed E-state index contributed by atoms with van der Waals surface area (Å²) < 4.78 is 2.88. The molecule has 5 heteroatoms. The Morgan fingerprint density at radius 3 is 2.87 bits per heavy atom. The van der Waals surface area contributed by atoms with Crippen LogP contribution in [0.15, 0.2) is 29.1 Å². The first-order chi connectivity index (χ1) is 7.24. The van der Waals surface area contributed by atoms with Gasteiger partial charge in [0.15, 0.2) is 0 Å². The lowest BCUT2D eigenvalue weighted by atomic mass is 10.3. The molecule has 2 aromatic rings. The van der Waals surface area contributed by atoms with Crippen molar-refractivity contribution in [1.29, 1.82) is 0 Å². The minimum Gasteiger partial charge on any atom is -0.325 e. The second-order valence-corrected chi connectivity index (χ2v) is 3.93. The lowest BCUT2D eigenvalue weighted by molar-refractivity contribution is 0.893. The Balaban J connectivity index is 2.55. The summed E-state index contributed by atoms with van der Waals surface area (Å²) in [6, 6.07) is 3.86. The van der Waals surface area contributed by atoms with E-state index in [1.54, 1.807) is 12.4 Å². The number of imidazole rings is 1. The number of halogens is 1. The SMILES string of the molecule is Cn1c(-c2cccnc2)nc(CN)c1Br. The first-order valence-corrected chi connectivity index (χ1v) is 5.35. The summed E-state index contributed by atoms with van der Waals surface area (Å²) in [6.45, 7) is 0.425. The predicted molar refractivity (Wildman–Crippen MR) is 62.0 cm³/mol. The van der Waals surface area contributed by atoms with E-state index in [4.69, 9.17) is 5.73 Å². The molecule has 0 saturated carbocycles. The highest BCUT2D eigenvalue weighted by Crippen LogP contribution is 2.24. The van der Waals surface area contributed by atoms with Gasteiger partial charge in [-0.1, -0.05) is 0 Å². The summed E-state index contributed by atoms with van der Waals surface area (Å²) in [4.78, 5) is 8.52. The normalized spacial score (nSPS) is 10.6. The van der Waals surface area contributed by atoms with E-state index >= 15 is 0 Å². The van der Waals surface area contributed by atoms with Gasteiger partial charge in [-0.25, -0.2) is 4.98 Å². The maximum atomic E-state index is 5.59. The van der Waals surface area contributed by atoms with Crippen LogP contribution in [0.2, 0.25) is 0 Å². The molecular formula is C10H11BrN4. The van der Waals surface area contributed by atoms with E-state index < -0.39 is 0 Å². The lowest BCUT2D eigenvalue weighted by Crippen LogP contribution is -1.97. The van der Waals surface area contributed by atoms with E-state index in [-0.39, 0.29) is 0 Å². The standard InChI is InChI=1S/C10H11BrN4/c1-15-9(11)8(5-12)14-10(15)7-3-2-4-13-6-7/h2-4,6H,5,12H2,1H3. The average Bonchev–Trinajstić information content (AvgIpc) is 2.57. The second-order valence-electron chi connectivity index (χ2n) is 3.18. The number of rotatable bonds is 2. The maximum absolute atomic E-state index is 5.59. The topological polar surface area (TPSA) is 56.7 Å². The molecule has 0 aliphatic carbocycles. The van der Waals surface area contributed by atoms with E-state index in [0.717, 1.165) is 21.7 Å². The van der Waals surface area contributed by atoms with Gasteiger partial charge in [-0.15, -0.1) is 0 Å². The summed E-state index contributed by atoms with van der Waals surface area (Å²) in [5, 5.41) is 0. The molecule has 4 nitrogen and oxygen atoms in total. The van der Waals surface area contributed by atoms with Crippen LogP contribution in [0.4, 0.5) is 0 Å². The highest BCUT2D eigenvalue weighted by Gasteiger charge is 2.12. The summed E-state index contributed by atoms with van der Waals surface area (Å²) in [5.74, 6) is 0.871. The van der Waals surface area contributed by atoms with Crippen molar-refractivity contribution >= 4 is 15.9 Å². The van der Waals surface area contributed by atoms with Crippen LogP contribution in [0.5, 0.6) is 0 Å². The van der Waals surface area contributed by atoms with Gasteiger partial charge in [0.2, 0.25) is 0 Å². The molecule has 0 fully saturated rings. The zero-order chi connectivity index (χ0) is 10.8. The molecule has 2 heterocycles. The number of hydrogen-bond donors (Lipinski definition) is 1. The van der Waals surface area contributed by atoms with Crippen molar-refractivity contribution in [3.05, 3.63) is 34.8 Å². The summed E-state index contributed by atoms with van der Waals surface area (Å²) in [7, 11) is 1.94. The van der Waals surface area contributed by atoms with Crippen LogP contribution in [-0.2, 0) is 13.6 Å². The molecular weight excluding hydrogens is 256 g/mol. The number of hydrogen-bond acceptors (Lipinski definition) is 3. The summed E-state index contributed by atoms with van der Waals surface area (Å²) in [6.07, 6.45) is 3.53. The molecule has 0 amide bonds. The van der Waals surface area contributed by atoms with Crippen molar-refractivity contribution in [2.45, 2.75) is 6.54 Å². The largest absolute Gasteiger partial charge is 0.325 e. The molecule has 0 unspecified atom stereocenters. The molecule has 0 atom stereocenters. The second kappa shape index (κ2) is 4.12. The third-order valence-electron chi connectivity index (χ3n) is 2.20. The quantitative estimate of drug-likeness (QED) is 0.901. The Bertz CT molecular complexity index is 464. The fourth-order valence-electron chi connectivity index (χ4n) is 1.42. The van der Waals surface area contributed by atoms with Gasteiger partial charge in [-0.2, -0.15) is 0 Å². The first-order valence-electron chi connectivity index (χ1n) is 4.55. The predicted octanol–water partition coefficient (Wildman–Crippen LogP) is 1.70. The molecule has 0 aliphatic heterocycles. The molecule has 2 N–H and O–H groups in total. The molecule has 0 aliphatic rings. The molecule has 15 heavy (non-hydrogen) atoms. The van der Waals surface area contributed by atoms with E-state index in [1.807, 2.05) is 23.7 Å². The number of pyridine rings is 1. The van der Waals surface area contributed by atoms with Crippen LogP contribution in [0.3, 0.4) is 0 Å². The third-order valence-corrected chi connectivity index (χ3v) is 3.19. The Kier molecular flexibility index (Phi) is 2.83. The first kappa shape index (κ1) is 10.3. The number of nitrogens with zero attached hydrogens (tertiary/aromatic N) is 3. The van der Waals surface area contributed by atoms with Crippen LogP contribution >= 0.6 is 15.9 Å². The summed E-state index contributed by atoms with van der Waals surface area (Å²) in [5.41, 5.74) is 7.43. The molecule has 2 rings (SSSR count). The van der Waals surface area contributed by atoms with Crippen LogP contribution < -0.4 is 5.73 Å². The van der Waals surface area contributed by atoms with E-state index in [2.05, 4.69) is 25.9 Å². The molecule has 0 radical (unpaired) electrons.